The summed E-state index contributed by atoms with van der Waals surface area (Å²) in [5.41, 5.74) is 14.8. The molecule has 0 amide bonds. The second-order valence-electron chi connectivity index (χ2n) is 4.19. The van der Waals surface area contributed by atoms with E-state index in [0.29, 0.717) is 24.4 Å². The van der Waals surface area contributed by atoms with Crippen LogP contribution >= 0.6 is 9.24 Å². The van der Waals surface area contributed by atoms with E-state index in [1.165, 1.54) is 0 Å². The quantitative estimate of drug-likeness (QED) is 0.528. The summed E-state index contributed by atoms with van der Waals surface area (Å²) in [6.45, 7) is 4.77. The SMILES string of the molecule is C=C1C(=O)C(N)=C1NCc1cc(CN)ccc1P. The first-order chi connectivity index (χ1) is 8.54. The van der Waals surface area contributed by atoms with E-state index in [1.54, 1.807) is 0 Å². The van der Waals surface area contributed by atoms with Crippen molar-refractivity contribution >= 4 is 20.3 Å². The van der Waals surface area contributed by atoms with Crippen molar-refractivity contribution in [3.05, 3.63) is 52.9 Å². The largest absolute Gasteiger partial charge is 0.394 e. The smallest absolute Gasteiger partial charge is 0.212 e. The first kappa shape index (κ1) is 12.8. The molecule has 5 heteroatoms. The molecule has 18 heavy (non-hydrogen) atoms. The Morgan fingerprint density at radius 3 is 2.72 bits per heavy atom. The summed E-state index contributed by atoms with van der Waals surface area (Å²) in [5, 5.41) is 4.23. The van der Waals surface area contributed by atoms with Crippen LogP contribution in [0.15, 0.2) is 41.7 Å². The Labute approximate surface area is 108 Å². The second-order valence-corrected chi connectivity index (χ2v) is 4.81. The number of rotatable bonds is 4. The molecule has 0 fully saturated rings. The molecule has 2 rings (SSSR count). The van der Waals surface area contributed by atoms with E-state index in [-0.39, 0.29) is 11.5 Å². The molecular formula is C13H16N3OP. The molecule has 1 aromatic carbocycles. The molecule has 1 aliphatic carbocycles. The third-order valence-corrected chi connectivity index (χ3v) is 3.55. The van der Waals surface area contributed by atoms with Crippen LogP contribution in [0.5, 0.6) is 0 Å². The molecule has 0 saturated heterocycles. The van der Waals surface area contributed by atoms with Crippen molar-refractivity contribution in [3.8, 4) is 0 Å². The Morgan fingerprint density at radius 1 is 1.39 bits per heavy atom. The average molecular weight is 261 g/mol. The van der Waals surface area contributed by atoms with E-state index in [1.807, 2.05) is 18.2 Å². The second kappa shape index (κ2) is 4.92. The van der Waals surface area contributed by atoms with Gasteiger partial charge >= 0.3 is 0 Å². The number of benzene rings is 1. The van der Waals surface area contributed by atoms with Crippen LogP contribution in [0.3, 0.4) is 0 Å². The minimum Gasteiger partial charge on any atom is -0.394 e. The highest BCUT2D eigenvalue weighted by molar-refractivity contribution is 7.27. The van der Waals surface area contributed by atoms with Crippen molar-refractivity contribution in [3.63, 3.8) is 0 Å². The number of Topliss-reactive ketones (excluding diaryl/α,β-unsaturated/α-hetero) is 1. The van der Waals surface area contributed by atoms with E-state index in [2.05, 4.69) is 21.1 Å². The fourth-order valence-corrected chi connectivity index (χ4v) is 2.10. The zero-order chi connectivity index (χ0) is 13.3. The Morgan fingerprint density at radius 2 is 2.11 bits per heavy atom. The normalized spacial score (nSPS) is 14.8. The zero-order valence-electron chi connectivity index (χ0n) is 9.99. The van der Waals surface area contributed by atoms with Crippen molar-refractivity contribution in [1.82, 2.24) is 5.32 Å². The molecule has 0 aromatic heterocycles. The van der Waals surface area contributed by atoms with Gasteiger partial charge in [0.05, 0.1) is 5.70 Å². The van der Waals surface area contributed by atoms with Gasteiger partial charge in [0.2, 0.25) is 5.78 Å². The van der Waals surface area contributed by atoms with Gasteiger partial charge in [0.1, 0.15) is 5.70 Å². The Balaban J connectivity index is 2.12. The third kappa shape index (κ3) is 2.17. The fraction of sp³-hybridized carbons (Fsp3) is 0.154. The molecule has 0 heterocycles. The van der Waals surface area contributed by atoms with Gasteiger partial charge in [-0.2, -0.15) is 0 Å². The Kier molecular flexibility index (Phi) is 3.50. The maximum Gasteiger partial charge on any atom is 0.212 e. The van der Waals surface area contributed by atoms with Crippen LogP contribution in [-0.2, 0) is 17.9 Å². The highest BCUT2D eigenvalue weighted by Gasteiger charge is 2.29. The summed E-state index contributed by atoms with van der Waals surface area (Å²) in [6, 6.07) is 6.03. The van der Waals surface area contributed by atoms with Gasteiger partial charge in [-0.3, -0.25) is 4.79 Å². The molecule has 1 aromatic rings. The van der Waals surface area contributed by atoms with Crippen molar-refractivity contribution in [1.29, 1.82) is 0 Å². The van der Waals surface area contributed by atoms with Crippen molar-refractivity contribution < 1.29 is 4.79 Å². The number of carbonyl (C=O) groups excluding carboxylic acids is 1. The first-order valence-electron chi connectivity index (χ1n) is 5.59. The Hall–Kier alpha value is -1.64. The van der Waals surface area contributed by atoms with Crippen LogP contribution in [0, 0.1) is 0 Å². The fourth-order valence-electron chi connectivity index (χ4n) is 1.81. The molecule has 0 aliphatic heterocycles. The van der Waals surface area contributed by atoms with Gasteiger partial charge < -0.3 is 16.8 Å². The van der Waals surface area contributed by atoms with Crippen molar-refractivity contribution in [2.24, 2.45) is 11.5 Å². The molecule has 4 nitrogen and oxygen atoms in total. The monoisotopic (exact) mass is 261 g/mol. The molecule has 0 bridgehead atoms. The summed E-state index contributed by atoms with van der Waals surface area (Å²) in [5.74, 6) is -0.167. The predicted molar refractivity (Wildman–Crippen MR) is 75.9 cm³/mol. The lowest BCUT2D eigenvalue weighted by atomic mass is 9.93. The number of nitrogens with two attached hydrogens (primary N) is 2. The summed E-state index contributed by atoms with van der Waals surface area (Å²) in [6.07, 6.45) is 0. The molecule has 1 atom stereocenters. The van der Waals surface area contributed by atoms with Crippen LogP contribution in [0.2, 0.25) is 0 Å². The maximum atomic E-state index is 11.2. The van der Waals surface area contributed by atoms with Crippen LogP contribution in [0.4, 0.5) is 0 Å². The standard InChI is InChI=1S/C13H16N3OP/c1-7-12(11(15)13(7)17)16-6-9-4-8(5-14)2-3-10(9)18/h2-4,16H,1,5-6,14-15,18H2. The van der Waals surface area contributed by atoms with Gasteiger partial charge in [-0.1, -0.05) is 24.8 Å². The van der Waals surface area contributed by atoms with Gasteiger partial charge in [-0.25, -0.2) is 0 Å². The molecule has 5 N–H and O–H groups in total. The lowest BCUT2D eigenvalue weighted by Crippen LogP contribution is -2.35. The Bertz CT molecular complexity index is 563. The number of carbonyl (C=O) groups is 1. The highest BCUT2D eigenvalue weighted by Crippen LogP contribution is 2.22. The average Bonchev–Trinajstić information content (AvgIpc) is 2.40. The predicted octanol–water partition coefficient (Wildman–Crippen LogP) is 0.0445. The lowest BCUT2D eigenvalue weighted by Gasteiger charge is -2.23. The van der Waals surface area contributed by atoms with Crippen molar-refractivity contribution in [2.75, 3.05) is 0 Å². The number of hydrogen-bond acceptors (Lipinski definition) is 4. The summed E-state index contributed by atoms with van der Waals surface area (Å²) in [4.78, 5) is 11.2. The van der Waals surface area contributed by atoms with Crippen LogP contribution in [0.25, 0.3) is 0 Å². The number of allylic oxidation sites excluding steroid dienone is 2. The molecular weight excluding hydrogens is 245 g/mol. The number of ketones is 1. The van der Waals surface area contributed by atoms with Crippen LogP contribution in [0.1, 0.15) is 11.1 Å². The molecule has 0 spiro atoms. The van der Waals surface area contributed by atoms with Gasteiger partial charge in [0.25, 0.3) is 0 Å². The van der Waals surface area contributed by atoms with E-state index in [4.69, 9.17) is 11.5 Å². The van der Waals surface area contributed by atoms with E-state index < -0.39 is 0 Å². The van der Waals surface area contributed by atoms with Gasteiger partial charge in [-0.05, 0) is 16.4 Å². The summed E-state index contributed by atoms with van der Waals surface area (Å²) >= 11 is 0. The molecule has 1 aliphatic rings. The molecule has 94 valence electrons. The maximum absolute atomic E-state index is 11.2. The minimum atomic E-state index is -0.167. The first-order valence-corrected chi connectivity index (χ1v) is 6.17. The number of nitrogens with one attached hydrogen (secondary N) is 1. The van der Waals surface area contributed by atoms with Crippen LogP contribution < -0.4 is 22.1 Å². The van der Waals surface area contributed by atoms with E-state index >= 15 is 0 Å². The van der Waals surface area contributed by atoms with E-state index in [9.17, 15) is 4.79 Å². The highest BCUT2D eigenvalue weighted by atomic mass is 31.0. The summed E-state index contributed by atoms with van der Waals surface area (Å²) in [7, 11) is 2.68. The van der Waals surface area contributed by atoms with Crippen LogP contribution in [-0.4, -0.2) is 5.78 Å². The molecule has 0 radical (unpaired) electrons. The zero-order valence-corrected chi connectivity index (χ0v) is 11.1. The van der Waals surface area contributed by atoms with Crippen molar-refractivity contribution in [2.45, 2.75) is 13.1 Å². The van der Waals surface area contributed by atoms with E-state index in [0.717, 1.165) is 16.4 Å². The topological polar surface area (TPSA) is 81.1 Å². The van der Waals surface area contributed by atoms with Gasteiger partial charge in [-0.15, -0.1) is 9.24 Å². The minimum absolute atomic E-state index is 0.167. The number of hydrogen-bond donors (Lipinski definition) is 3. The molecule has 0 saturated carbocycles. The third-order valence-electron chi connectivity index (χ3n) is 2.99. The molecule has 1 unspecified atom stereocenters. The lowest BCUT2D eigenvalue weighted by molar-refractivity contribution is -0.113. The van der Waals surface area contributed by atoms with Gasteiger partial charge in [0.15, 0.2) is 0 Å². The van der Waals surface area contributed by atoms with Gasteiger partial charge in [0, 0.05) is 18.7 Å². The summed E-state index contributed by atoms with van der Waals surface area (Å²) < 4.78 is 0.